The van der Waals surface area contributed by atoms with Crippen LogP contribution in [0.25, 0.3) is 16.4 Å². The first-order valence-corrected chi connectivity index (χ1v) is 8.84. The fraction of sp³-hybridized carbons (Fsp3) is 0.200. The Labute approximate surface area is 155 Å². The average molecular weight is 361 g/mol. The molecule has 27 heavy (non-hydrogen) atoms. The number of aromatic nitrogens is 4. The van der Waals surface area contributed by atoms with E-state index in [2.05, 4.69) is 15.4 Å². The minimum Gasteiger partial charge on any atom is -0.352 e. The number of pyridine rings is 1. The van der Waals surface area contributed by atoms with Crippen LogP contribution in [0.2, 0.25) is 0 Å². The Morgan fingerprint density at radius 1 is 1.11 bits per heavy atom. The van der Waals surface area contributed by atoms with E-state index in [1.807, 2.05) is 42.6 Å². The molecule has 0 aliphatic carbocycles. The molecule has 4 rings (SSSR count). The number of aryl methyl sites for hydroxylation is 1. The van der Waals surface area contributed by atoms with E-state index < -0.39 is 0 Å². The lowest BCUT2D eigenvalue weighted by Gasteiger charge is -2.08. The number of para-hydroxylation sites is 1. The van der Waals surface area contributed by atoms with Gasteiger partial charge in [0.05, 0.1) is 22.7 Å². The van der Waals surface area contributed by atoms with Gasteiger partial charge in [0.2, 0.25) is 5.91 Å². The van der Waals surface area contributed by atoms with Crippen molar-refractivity contribution in [2.24, 2.45) is 0 Å². The minimum absolute atomic E-state index is 0.0432. The first-order chi connectivity index (χ1) is 13.2. The SMILES string of the molecule is O=C(CCCn1cnc2ccccc2c1=O)NCc1cccn2nccc12. The Morgan fingerprint density at radius 2 is 2.00 bits per heavy atom. The monoisotopic (exact) mass is 361 g/mol. The molecule has 0 aliphatic rings. The zero-order valence-corrected chi connectivity index (χ0v) is 14.7. The number of rotatable bonds is 6. The lowest BCUT2D eigenvalue weighted by atomic mass is 10.2. The van der Waals surface area contributed by atoms with E-state index >= 15 is 0 Å². The first-order valence-electron chi connectivity index (χ1n) is 8.84. The van der Waals surface area contributed by atoms with Crippen LogP contribution in [0.15, 0.2) is 66.0 Å². The number of hydrogen-bond acceptors (Lipinski definition) is 4. The molecular weight excluding hydrogens is 342 g/mol. The highest BCUT2D eigenvalue weighted by atomic mass is 16.1. The summed E-state index contributed by atoms with van der Waals surface area (Å²) >= 11 is 0. The summed E-state index contributed by atoms with van der Waals surface area (Å²) in [6.45, 7) is 0.911. The number of hydrogen-bond donors (Lipinski definition) is 1. The molecule has 4 aromatic rings. The van der Waals surface area contributed by atoms with Crippen LogP contribution < -0.4 is 10.9 Å². The fourth-order valence-corrected chi connectivity index (χ4v) is 3.12. The smallest absolute Gasteiger partial charge is 0.261 e. The van der Waals surface area contributed by atoms with Gasteiger partial charge in [0.15, 0.2) is 0 Å². The second-order valence-electron chi connectivity index (χ2n) is 6.33. The van der Waals surface area contributed by atoms with Gasteiger partial charge >= 0.3 is 0 Å². The van der Waals surface area contributed by atoms with Gasteiger partial charge in [0.25, 0.3) is 5.56 Å². The quantitative estimate of drug-likeness (QED) is 0.570. The zero-order chi connectivity index (χ0) is 18.6. The molecule has 0 bridgehead atoms. The van der Waals surface area contributed by atoms with Gasteiger partial charge in [-0.05, 0) is 36.2 Å². The Morgan fingerprint density at radius 3 is 2.93 bits per heavy atom. The molecule has 0 radical (unpaired) electrons. The molecule has 7 nitrogen and oxygen atoms in total. The van der Waals surface area contributed by atoms with E-state index in [-0.39, 0.29) is 11.5 Å². The molecule has 0 fully saturated rings. The molecule has 0 saturated carbocycles. The Balaban J connectivity index is 1.33. The minimum atomic E-state index is -0.0755. The molecule has 1 aromatic carbocycles. The molecule has 3 heterocycles. The van der Waals surface area contributed by atoms with E-state index in [0.29, 0.717) is 36.8 Å². The standard InChI is InChI=1S/C20H19N5O2/c26-19(21-13-15-5-3-12-25-18(15)9-10-23-25)8-4-11-24-14-22-17-7-2-1-6-16(17)20(24)27/h1-3,5-7,9-10,12,14H,4,8,11,13H2,(H,21,26). The molecule has 1 N–H and O–H groups in total. The number of carbonyl (C=O) groups is 1. The lowest BCUT2D eigenvalue weighted by Crippen LogP contribution is -2.25. The maximum Gasteiger partial charge on any atom is 0.261 e. The molecule has 0 saturated heterocycles. The van der Waals surface area contributed by atoms with E-state index in [1.54, 1.807) is 27.7 Å². The van der Waals surface area contributed by atoms with Gasteiger partial charge in [0.1, 0.15) is 0 Å². The maximum absolute atomic E-state index is 12.4. The van der Waals surface area contributed by atoms with Gasteiger partial charge < -0.3 is 5.32 Å². The summed E-state index contributed by atoms with van der Waals surface area (Å²) in [5.41, 5.74) is 2.60. The molecule has 0 atom stereocenters. The van der Waals surface area contributed by atoms with Crippen molar-refractivity contribution in [3.05, 3.63) is 77.1 Å². The Hall–Kier alpha value is -3.48. The number of fused-ring (bicyclic) bond motifs is 2. The normalized spacial score (nSPS) is 11.1. The average Bonchev–Trinajstić information content (AvgIpc) is 3.18. The summed E-state index contributed by atoms with van der Waals surface area (Å²) in [7, 11) is 0. The van der Waals surface area contributed by atoms with Gasteiger partial charge in [0, 0.05) is 31.9 Å². The molecule has 136 valence electrons. The van der Waals surface area contributed by atoms with Gasteiger partial charge in [-0.15, -0.1) is 0 Å². The summed E-state index contributed by atoms with van der Waals surface area (Å²) in [6, 6.07) is 13.1. The van der Waals surface area contributed by atoms with Crippen molar-refractivity contribution in [3.63, 3.8) is 0 Å². The van der Waals surface area contributed by atoms with Crippen molar-refractivity contribution < 1.29 is 4.79 Å². The largest absolute Gasteiger partial charge is 0.352 e. The molecule has 7 heteroatoms. The van der Waals surface area contributed by atoms with Crippen LogP contribution in [-0.4, -0.2) is 25.1 Å². The van der Waals surface area contributed by atoms with Gasteiger partial charge in [-0.2, -0.15) is 5.10 Å². The van der Waals surface area contributed by atoms with Crippen molar-refractivity contribution in [3.8, 4) is 0 Å². The van der Waals surface area contributed by atoms with Gasteiger partial charge in [-0.25, -0.2) is 9.50 Å². The summed E-state index contributed by atoms with van der Waals surface area (Å²) in [6.07, 6.45) is 6.07. The summed E-state index contributed by atoms with van der Waals surface area (Å²) < 4.78 is 3.34. The van der Waals surface area contributed by atoms with E-state index in [4.69, 9.17) is 0 Å². The van der Waals surface area contributed by atoms with Crippen molar-refractivity contribution in [2.45, 2.75) is 25.9 Å². The predicted octanol–water partition coefficient (Wildman–Crippen LogP) is 2.14. The number of nitrogens with zero attached hydrogens (tertiary/aromatic N) is 4. The van der Waals surface area contributed by atoms with Gasteiger partial charge in [-0.3, -0.25) is 14.2 Å². The van der Waals surface area contributed by atoms with Crippen LogP contribution in [0.1, 0.15) is 18.4 Å². The van der Waals surface area contributed by atoms with Crippen molar-refractivity contribution in [2.75, 3.05) is 0 Å². The summed E-state index contributed by atoms with van der Waals surface area (Å²) in [5, 5.41) is 7.71. The molecule has 3 aromatic heterocycles. The van der Waals surface area contributed by atoms with Crippen LogP contribution in [0.3, 0.4) is 0 Å². The van der Waals surface area contributed by atoms with E-state index in [0.717, 1.165) is 11.1 Å². The number of nitrogens with one attached hydrogen (secondary N) is 1. The Kier molecular flexibility index (Phi) is 4.65. The number of carbonyl (C=O) groups excluding carboxylic acids is 1. The third kappa shape index (κ3) is 3.57. The van der Waals surface area contributed by atoms with Crippen molar-refractivity contribution >= 4 is 22.3 Å². The fourth-order valence-electron chi connectivity index (χ4n) is 3.12. The Bertz CT molecular complexity index is 1160. The highest BCUT2D eigenvalue weighted by Gasteiger charge is 2.07. The summed E-state index contributed by atoms with van der Waals surface area (Å²) in [5.74, 6) is -0.0432. The second-order valence-corrected chi connectivity index (χ2v) is 6.33. The van der Waals surface area contributed by atoms with Crippen LogP contribution in [0.5, 0.6) is 0 Å². The highest BCUT2D eigenvalue weighted by molar-refractivity contribution is 5.77. The highest BCUT2D eigenvalue weighted by Crippen LogP contribution is 2.09. The van der Waals surface area contributed by atoms with Crippen LogP contribution in [0, 0.1) is 0 Å². The van der Waals surface area contributed by atoms with Crippen molar-refractivity contribution in [1.82, 2.24) is 24.5 Å². The summed E-state index contributed by atoms with van der Waals surface area (Å²) in [4.78, 5) is 28.9. The van der Waals surface area contributed by atoms with Crippen LogP contribution in [-0.2, 0) is 17.9 Å². The molecule has 0 aliphatic heterocycles. The second kappa shape index (κ2) is 7.41. The third-order valence-electron chi connectivity index (χ3n) is 4.53. The number of benzene rings is 1. The molecule has 0 unspecified atom stereocenters. The molecule has 0 spiro atoms. The zero-order valence-electron chi connectivity index (χ0n) is 14.7. The lowest BCUT2D eigenvalue weighted by molar-refractivity contribution is -0.121. The third-order valence-corrected chi connectivity index (χ3v) is 4.53. The van der Waals surface area contributed by atoms with Gasteiger partial charge in [-0.1, -0.05) is 18.2 Å². The maximum atomic E-state index is 12.4. The first kappa shape index (κ1) is 17.0. The van der Waals surface area contributed by atoms with E-state index in [9.17, 15) is 9.59 Å². The predicted molar refractivity (Wildman–Crippen MR) is 102 cm³/mol. The topological polar surface area (TPSA) is 81.3 Å². The molecular formula is C20H19N5O2. The van der Waals surface area contributed by atoms with Crippen LogP contribution >= 0.6 is 0 Å². The molecule has 1 amide bonds. The number of amides is 1. The van der Waals surface area contributed by atoms with E-state index in [1.165, 1.54) is 0 Å². The van der Waals surface area contributed by atoms with Crippen molar-refractivity contribution in [1.29, 1.82) is 0 Å². The van der Waals surface area contributed by atoms with Crippen LogP contribution in [0.4, 0.5) is 0 Å².